The summed E-state index contributed by atoms with van der Waals surface area (Å²) in [6.07, 6.45) is 7.61. The standard InChI is InChI=1S/C18H21N2S/c1-13-17-7-9-18(10-8-17,14-6-12-21-16(14)17)20(13)15-5-3-4-11-19(15)2/h3-6,11-13H,7-10H2,1-2H3/q+1. The predicted molar refractivity (Wildman–Crippen MR) is 85.7 cm³/mol. The first-order chi connectivity index (χ1) is 10.2. The molecular formula is C18H21N2S+. The molecule has 2 aromatic rings. The molecule has 3 aliphatic carbocycles. The average Bonchev–Trinajstić information content (AvgIpc) is 3.02. The topological polar surface area (TPSA) is 7.12 Å². The van der Waals surface area contributed by atoms with E-state index in [1.54, 1.807) is 10.4 Å². The maximum absolute atomic E-state index is 2.76. The summed E-state index contributed by atoms with van der Waals surface area (Å²) in [5.74, 6) is 1.38. The zero-order valence-electron chi connectivity index (χ0n) is 12.7. The van der Waals surface area contributed by atoms with E-state index in [4.69, 9.17) is 0 Å². The van der Waals surface area contributed by atoms with Crippen molar-refractivity contribution < 1.29 is 4.57 Å². The number of thiophene rings is 1. The number of nitrogens with zero attached hydrogens (tertiary/aromatic N) is 2. The molecule has 5 heterocycles. The number of aryl methyl sites for hydroxylation is 1. The van der Waals surface area contributed by atoms with Gasteiger partial charge in [0.1, 0.15) is 11.6 Å². The summed E-state index contributed by atoms with van der Waals surface area (Å²) in [6, 6.07) is 9.63. The normalized spacial score (nSPS) is 36.1. The van der Waals surface area contributed by atoms with Gasteiger partial charge in [-0.3, -0.25) is 0 Å². The lowest BCUT2D eigenvalue weighted by molar-refractivity contribution is -0.659. The third-order valence-corrected chi connectivity index (χ3v) is 7.64. The summed E-state index contributed by atoms with van der Waals surface area (Å²) in [4.78, 5) is 4.47. The summed E-state index contributed by atoms with van der Waals surface area (Å²) in [6.45, 7) is 2.46. The van der Waals surface area contributed by atoms with E-state index in [-0.39, 0.29) is 5.54 Å². The first-order valence-corrected chi connectivity index (χ1v) is 8.89. The Hall–Kier alpha value is -1.35. The fourth-order valence-electron chi connectivity index (χ4n) is 5.45. The van der Waals surface area contributed by atoms with Crippen LogP contribution in [0.3, 0.4) is 0 Å². The predicted octanol–water partition coefficient (Wildman–Crippen LogP) is 3.50. The van der Waals surface area contributed by atoms with Gasteiger partial charge in [-0.05, 0) is 50.1 Å². The fraction of sp³-hybridized carbons (Fsp3) is 0.500. The first-order valence-electron chi connectivity index (χ1n) is 8.02. The summed E-state index contributed by atoms with van der Waals surface area (Å²) in [7, 11) is 2.18. The highest BCUT2D eigenvalue weighted by molar-refractivity contribution is 7.10. The molecule has 3 aliphatic heterocycles. The molecule has 1 atom stereocenters. The van der Waals surface area contributed by atoms with E-state index >= 15 is 0 Å². The van der Waals surface area contributed by atoms with Crippen LogP contribution >= 0.6 is 11.3 Å². The van der Waals surface area contributed by atoms with Crippen LogP contribution in [0.4, 0.5) is 5.82 Å². The first kappa shape index (κ1) is 12.2. The lowest BCUT2D eigenvalue weighted by Gasteiger charge is -2.64. The highest BCUT2D eigenvalue weighted by atomic mass is 32.1. The van der Waals surface area contributed by atoms with Gasteiger partial charge in [0.05, 0.1) is 13.2 Å². The minimum absolute atomic E-state index is 0.258. The monoisotopic (exact) mass is 297 g/mol. The van der Waals surface area contributed by atoms with E-state index < -0.39 is 0 Å². The SMILES string of the molecule is CC1N(c2cccc[n+]2C)C23CCC1(CC2)c1sccc13. The number of hydrogen-bond acceptors (Lipinski definition) is 2. The van der Waals surface area contributed by atoms with Gasteiger partial charge in [0.15, 0.2) is 0 Å². The largest absolute Gasteiger partial charge is 0.277 e. The minimum atomic E-state index is 0.258. The Morgan fingerprint density at radius 2 is 2.00 bits per heavy atom. The second-order valence-corrected chi connectivity index (χ2v) is 7.98. The number of rotatable bonds is 1. The van der Waals surface area contributed by atoms with Crippen LogP contribution in [0.2, 0.25) is 0 Å². The number of aromatic nitrogens is 1. The van der Waals surface area contributed by atoms with Crippen molar-refractivity contribution in [1.82, 2.24) is 0 Å². The van der Waals surface area contributed by atoms with E-state index in [1.165, 1.54) is 31.5 Å². The van der Waals surface area contributed by atoms with Gasteiger partial charge in [0, 0.05) is 21.9 Å². The van der Waals surface area contributed by atoms with Gasteiger partial charge >= 0.3 is 0 Å². The molecule has 0 N–H and O–H groups in total. The molecule has 2 bridgehead atoms. The molecule has 0 spiro atoms. The van der Waals surface area contributed by atoms with Crippen molar-refractivity contribution in [3.8, 4) is 0 Å². The van der Waals surface area contributed by atoms with Crippen LogP contribution < -0.4 is 9.47 Å². The zero-order valence-corrected chi connectivity index (χ0v) is 13.5. The highest BCUT2D eigenvalue weighted by Gasteiger charge is 2.69. The Morgan fingerprint density at radius 1 is 1.19 bits per heavy atom. The molecule has 0 radical (unpaired) electrons. The summed E-state index contributed by atoms with van der Waals surface area (Å²) < 4.78 is 2.30. The van der Waals surface area contributed by atoms with Gasteiger partial charge in [0.25, 0.3) is 5.82 Å². The molecule has 1 unspecified atom stereocenters. The van der Waals surface area contributed by atoms with E-state index in [1.807, 2.05) is 11.3 Å². The maximum Gasteiger partial charge on any atom is 0.277 e. The molecule has 21 heavy (non-hydrogen) atoms. The number of piperidine rings is 2. The molecule has 0 amide bonds. The summed E-state index contributed by atoms with van der Waals surface area (Å²) in [5, 5.41) is 2.33. The third-order valence-electron chi connectivity index (χ3n) is 6.51. The van der Waals surface area contributed by atoms with Crippen molar-refractivity contribution in [2.45, 2.75) is 49.6 Å². The van der Waals surface area contributed by atoms with Crippen molar-refractivity contribution in [3.05, 3.63) is 46.3 Å². The van der Waals surface area contributed by atoms with E-state index in [9.17, 15) is 0 Å². The Balaban J connectivity index is 1.80. The Bertz CT molecular complexity index is 724. The Labute approximate surface area is 130 Å². The van der Waals surface area contributed by atoms with Crippen molar-refractivity contribution in [2.24, 2.45) is 7.05 Å². The second kappa shape index (κ2) is 3.70. The van der Waals surface area contributed by atoms with Crippen molar-refractivity contribution >= 4 is 17.2 Å². The maximum atomic E-state index is 2.76. The van der Waals surface area contributed by atoms with E-state index in [0.717, 1.165) is 0 Å². The molecule has 0 aromatic carbocycles. The molecule has 8 rings (SSSR count). The number of hydrogen-bond donors (Lipinski definition) is 0. The van der Waals surface area contributed by atoms with Crippen LogP contribution in [0.1, 0.15) is 43.0 Å². The zero-order chi connectivity index (χ0) is 14.2. The van der Waals surface area contributed by atoms with Crippen LogP contribution in [0.25, 0.3) is 0 Å². The molecule has 2 aromatic heterocycles. The highest BCUT2D eigenvalue weighted by Crippen LogP contribution is 2.67. The molecule has 1 saturated carbocycles. The quantitative estimate of drug-likeness (QED) is 0.731. The van der Waals surface area contributed by atoms with Gasteiger partial charge in [-0.15, -0.1) is 11.3 Å². The summed E-state index contributed by atoms with van der Waals surface area (Å²) >= 11 is 2.01. The second-order valence-electron chi connectivity index (χ2n) is 7.07. The summed E-state index contributed by atoms with van der Waals surface area (Å²) in [5.41, 5.74) is 2.31. The van der Waals surface area contributed by atoms with Crippen molar-refractivity contribution in [1.29, 1.82) is 0 Å². The van der Waals surface area contributed by atoms with E-state index in [0.29, 0.717) is 11.5 Å². The van der Waals surface area contributed by atoms with Crippen LogP contribution in [0.5, 0.6) is 0 Å². The Morgan fingerprint density at radius 3 is 2.76 bits per heavy atom. The fourth-order valence-corrected chi connectivity index (χ4v) is 6.78. The lowest BCUT2D eigenvalue weighted by atomic mass is 9.50. The van der Waals surface area contributed by atoms with Crippen LogP contribution in [-0.2, 0) is 18.0 Å². The molecule has 108 valence electrons. The van der Waals surface area contributed by atoms with Gasteiger partial charge in [-0.2, -0.15) is 0 Å². The van der Waals surface area contributed by atoms with Gasteiger partial charge in [-0.1, -0.05) is 6.07 Å². The van der Waals surface area contributed by atoms with Crippen LogP contribution in [0, 0.1) is 0 Å². The van der Waals surface area contributed by atoms with Crippen LogP contribution in [0.15, 0.2) is 35.8 Å². The smallest absolute Gasteiger partial charge is 0.249 e. The molecule has 3 fully saturated rings. The van der Waals surface area contributed by atoms with Crippen molar-refractivity contribution in [2.75, 3.05) is 4.90 Å². The average molecular weight is 297 g/mol. The minimum Gasteiger partial charge on any atom is -0.249 e. The van der Waals surface area contributed by atoms with Crippen molar-refractivity contribution in [3.63, 3.8) is 0 Å². The molecule has 3 heteroatoms. The molecular weight excluding hydrogens is 276 g/mol. The molecule has 2 nitrogen and oxygen atoms in total. The van der Waals surface area contributed by atoms with Gasteiger partial charge < -0.3 is 0 Å². The van der Waals surface area contributed by atoms with Crippen LogP contribution in [-0.4, -0.2) is 6.04 Å². The lowest BCUT2D eigenvalue weighted by Crippen LogP contribution is -2.72. The third kappa shape index (κ3) is 1.20. The Kier molecular flexibility index (Phi) is 2.15. The van der Waals surface area contributed by atoms with Gasteiger partial charge in [-0.25, -0.2) is 9.47 Å². The number of pyridine rings is 1. The van der Waals surface area contributed by atoms with Gasteiger partial charge in [0.2, 0.25) is 0 Å². The molecule has 2 saturated heterocycles. The molecule has 6 aliphatic rings. The number of anilines is 1. The van der Waals surface area contributed by atoms with E-state index in [2.05, 4.69) is 59.3 Å².